The van der Waals surface area contributed by atoms with E-state index < -0.39 is 0 Å². The molecule has 0 aliphatic heterocycles. The van der Waals surface area contributed by atoms with E-state index in [1.807, 2.05) is 109 Å². The molecule has 0 unspecified atom stereocenters. The molecule has 0 radical (unpaired) electrons. The second kappa shape index (κ2) is 30.2. The summed E-state index contributed by atoms with van der Waals surface area (Å²) in [6.07, 6.45) is 9.27. The molecule has 8 rings (SSSR count). The summed E-state index contributed by atoms with van der Waals surface area (Å²) in [6, 6.07) is 42.6. The summed E-state index contributed by atoms with van der Waals surface area (Å²) in [6.45, 7) is 52.1. The highest BCUT2D eigenvalue weighted by Gasteiger charge is 2.30. The number of unbranched alkanes of at least 4 members (excludes halogenated alkanes) is 2. The number of phenolic OH excluding ortho intramolecular Hbond substituents is 4. The molecule has 0 amide bonds. The van der Waals surface area contributed by atoms with E-state index in [0.717, 1.165) is 63.8 Å². The second-order valence-electron chi connectivity index (χ2n) is 35.1. The molecule has 0 saturated heterocycles. The Morgan fingerprint density at radius 2 is 0.515 bits per heavy atom. The Labute approximate surface area is 603 Å². The van der Waals surface area contributed by atoms with Crippen LogP contribution in [0.2, 0.25) is 0 Å². The molecule has 0 aliphatic rings. The zero-order valence-electron chi connectivity index (χ0n) is 64.8. The zero-order valence-corrected chi connectivity index (χ0v) is 64.8. The SMILES string of the molecule is CC(C)(C)c1cc(C=Nc2ccc(Oc3cccc(OCCCCCOc4cccc(Oc5ccc(N=Cc6cc(C(C)(C)C)cc(C(C)(C)C)c6O)c(N=Cc6cc(C(C)(C)C)cc(C(C)(C)C)c6O)c5)c4)c3)cc2N=Cc2cc(C(C)(C)C)cc(C(C)(C)C)c2O)c(O)c(C(C)(C)C)c1. The van der Waals surface area contributed by atoms with Crippen LogP contribution in [0.5, 0.6) is 57.5 Å². The molecule has 0 bridgehead atoms. The van der Waals surface area contributed by atoms with E-state index in [1.165, 1.54) is 0 Å². The normalized spacial score (nSPS) is 13.1. The van der Waals surface area contributed by atoms with E-state index in [9.17, 15) is 20.4 Å². The van der Waals surface area contributed by atoms with Crippen LogP contribution < -0.4 is 18.9 Å². The zero-order chi connectivity index (χ0) is 74.6. The monoisotopic (exact) mass is 1360 g/mol. The van der Waals surface area contributed by atoms with Crippen LogP contribution in [-0.2, 0) is 43.3 Å². The molecule has 12 nitrogen and oxygen atoms in total. The average Bonchev–Trinajstić information content (AvgIpc) is 0.801. The maximum atomic E-state index is 11.7. The molecule has 8 aromatic carbocycles. The van der Waals surface area contributed by atoms with Gasteiger partial charge in [0.05, 0.1) is 36.0 Å². The predicted octanol–water partition coefficient (Wildman–Crippen LogP) is 24.1. The van der Waals surface area contributed by atoms with E-state index >= 15 is 0 Å². The standard InChI is InChI=1S/C89H112N4O8/c1-82(2,3)60-40-56(78(94)70(44-60)86(13,14)15)52-90-74-36-34-68(50-76(74)92-54-58-42-62(84(7,8)9)46-72(80(58)96)88(19,20)21)100-66-32-28-30-64(48-66)98-38-26-25-27-39-99-65-31-29-33-67(49-65)101-69-35-37-75(91-53-57-41-61(83(4,5)6)45-71(79(57)95)87(16,17)18)77(51-69)93-55-59-43-63(85(10,11)12)47-73(81(59)97)89(22,23)24/h28-37,40-55,94-97H,25-27,38-39H2,1-24H3. The minimum atomic E-state index is -0.326. The maximum absolute atomic E-state index is 11.7. The number of phenols is 4. The van der Waals surface area contributed by atoms with E-state index in [0.29, 0.717) is 92.7 Å². The minimum absolute atomic E-state index is 0.173. The van der Waals surface area contributed by atoms with Gasteiger partial charge in [0, 0.05) is 93.6 Å². The van der Waals surface area contributed by atoms with Gasteiger partial charge in [-0.25, -0.2) is 0 Å². The molecular formula is C89H112N4O8. The highest BCUT2D eigenvalue weighted by atomic mass is 16.5. The molecule has 0 heterocycles. The van der Waals surface area contributed by atoms with Gasteiger partial charge in [-0.1, -0.05) is 203 Å². The average molecular weight is 1370 g/mol. The first-order valence-electron chi connectivity index (χ1n) is 35.5. The Kier molecular flexibility index (Phi) is 23.2. The fraction of sp³-hybridized carbons (Fsp3) is 0.416. The fourth-order valence-electron chi connectivity index (χ4n) is 11.4. The summed E-state index contributed by atoms with van der Waals surface area (Å²) < 4.78 is 25.6. The molecule has 8 aromatic rings. The lowest BCUT2D eigenvalue weighted by Gasteiger charge is -2.27. The summed E-state index contributed by atoms with van der Waals surface area (Å²) in [4.78, 5) is 20.0. The van der Waals surface area contributed by atoms with Gasteiger partial charge >= 0.3 is 0 Å². The molecule has 0 fully saturated rings. The number of rotatable bonds is 20. The molecule has 0 saturated carbocycles. The third-order valence-corrected chi connectivity index (χ3v) is 17.9. The highest BCUT2D eigenvalue weighted by molar-refractivity contribution is 5.93. The van der Waals surface area contributed by atoms with Crippen molar-refractivity contribution in [2.24, 2.45) is 20.0 Å². The fourth-order valence-corrected chi connectivity index (χ4v) is 11.4. The number of ether oxygens (including phenoxy) is 4. The summed E-state index contributed by atoms with van der Waals surface area (Å²) in [7, 11) is 0. The Bertz CT molecular complexity index is 4120. The largest absolute Gasteiger partial charge is 0.507 e. The first-order chi connectivity index (χ1) is 46.7. The highest BCUT2D eigenvalue weighted by Crippen LogP contribution is 2.45. The van der Waals surface area contributed by atoms with Crippen molar-refractivity contribution in [3.8, 4) is 57.5 Å². The number of aliphatic imine (C=N–C) groups is 4. The lowest BCUT2D eigenvalue weighted by atomic mass is 9.79. The molecule has 0 atom stereocenters. The lowest BCUT2D eigenvalue weighted by Crippen LogP contribution is -2.17. The van der Waals surface area contributed by atoms with E-state index in [-0.39, 0.29) is 66.3 Å². The minimum Gasteiger partial charge on any atom is -0.507 e. The van der Waals surface area contributed by atoms with Gasteiger partial charge in [0.2, 0.25) is 0 Å². The maximum Gasteiger partial charge on any atom is 0.131 e. The molecule has 4 N–H and O–H groups in total. The van der Waals surface area contributed by atoms with Crippen molar-refractivity contribution in [1.82, 2.24) is 0 Å². The van der Waals surface area contributed by atoms with Crippen LogP contribution >= 0.6 is 0 Å². The van der Waals surface area contributed by atoms with Gasteiger partial charge in [-0.15, -0.1) is 0 Å². The van der Waals surface area contributed by atoms with Crippen LogP contribution in [-0.4, -0.2) is 58.5 Å². The molecule has 0 spiro atoms. The van der Waals surface area contributed by atoms with Crippen LogP contribution in [0.3, 0.4) is 0 Å². The molecule has 0 aromatic heterocycles. The van der Waals surface area contributed by atoms with Crippen molar-refractivity contribution in [2.75, 3.05) is 13.2 Å². The van der Waals surface area contributed by atoms with E-state index in [1.54, 1.807) is 24.9 Å². The Morgan fingerprint density at radius 1 is 0.267 bits per heavy atom. The topological polar surface area (TPSA) is 167 Å². The van der Waals surface area contributed by atoms with Crippen LogP contribution in [0.15, 0.2) is 153 Å². The Morgan fingerprint density at radius 3 is 0.772 bits per heavy atom. The number of hydrogen-bond acceptors (Lipinski definition) is 12. The van der Waals surface area contributed by atoms with Crippen molar-refractivity contribution < 1.29 is 39.4 Å². The van der Waals surface area contributed by atoms with Gasteiger partial charge in [0.25, 0.3) is 0 Å². The smallest absolute Gasteiger partial charge is 0.131 e. The van der Waals surface area contributed by atoms with Crippen molar-refractivity contribution >= 4 is 47.6 Å². The summed E-state index contributed by atoms with van der Waals surface area (Å²) in [5.41, 5.74) is 10.2. The third-order valence-electron chi connectivity index (χ3n) is 17.9. The summed E-state index contributed by atoms with van der Waals surface area (Å²) in [5, 5.41) is 46.9. The molecule has 101 heavy (non-hydrogen) atoms. The van der Waals surface area contributed by atoms with Crippen LogP contribution in [0.25, 0.3) is 0 Å². The molecule has 0 aliphatic carbocycles. The van der Waals surface area contributed by atoms with Gasteiger partial charge in [-0.05, 0) is 158 Å². The molecule has 536 valence electrons. The van der Waals surface area contributed by atoms with Gasteiger partial charge in [0.15, 0.2) is 0 Å². The van der Waals surface area contributed by atoms with Gasteiger partial charge in [0.1, 0.15) is 57.5 Å². The molecule has 12 heteroatoms. The number of benzene rings is 8. The van der Waals surface area contributed by atoms with E-state index in [2.05, 4.69) is 190 Å². The van der Waals surface area contributed by atoms with Crippen LogP contribution in [0.4, 0.5) is 22.7 Å². The van der Waals surface area contributed by atoms with Gasteiger partial charge < -0.3 is 39.4 Å². The lowest BCUT2D eigenvalue weighted by molar-refractivity contribution is 0.278. The number of aromatic hydroxyl groups is 4. The Balaban J connectivity index is 0.953. The summed E-state index contributed by atoms with van der Waals surface area (Å²) in [5.74, 6) is 4.29. The molecular weight excluding hydrogens is 1250 g/mol. The summed E-state index contributed by atoms with van der Waals surface area (Å²) >= 11 is 0. The third kappa shape index (κ3) is 20.5. The van der Waals surface area contributed by atoms with E-state index in [4.69, 9.17) is 38.9 Å². The van der Waals surface area contributed by atoms with Crippen molar-refractivity contribution in [3.63, 3.8) is 0 Å². The van der Waals surface area contributed by atoms with Gasteiger partial charge in [-0.3, -0.25) is 20.0 Å². The van der Waals surface area contributed by atoms with Crippen molar-refractivity contribution in [2.45, 2.75) is 229 Å². The van der Waals surface area contributed by atoms with Crippen LogP contribution in [0, 0.1) is 0 Å². The first kappa shape index (κ1) is 77.6. The van der Waals surface area contributed by atoms with Crippen LogP contribution in [0.1, 0.15) is 252 Å². The quantitative estimate of drug-likeness (QED) is 0.0432. The van der Waals surface area contributed by atoms with Gasteiger partial charge in [-0.2, -0.15) is 0 Å². The Hall–Kier alpha value is -9.16. The predicted molar refractivity (Wildman–Crippen MR) is 422 cm³/mol. The second-order valence-corrected chi connectivity index (χ2v) is 35.1. The number of hydrogen-bond donors (Lipinski definition) is 4. The number of nitrogens with zero attached hydrogens (tertiary/aromatic N) is 4. The van der Waals surface area contributed by atoms with Crippen molar-refractivity contribution in [3.05, 3.63) is 200 Å². The first-order valence-corrected chi connectivity index (χ1v) is 35.5. The van der Waals surface area contributed by atoms with Crippen molar-refractivity contribution in [1.29, 1.82) is 0 Å².